The first-order valence-corrected chi connectivity index (χ1v) is 8.83. The highest BCUT2D eigenvalue weighted by Crippen LogP contribution is 2.33. The highest BCUT2D eigenvalue weighted by molar-refractivity contribution is 9.10. The molecule has 0 bridgehead atoms. The van der Waals surface area contributed by atoms with Gasteiger partial charge in [0.05, 0.1) is 6.04 Å². The van der Waals surface area contributed by atoms with E-state index in [1.54, 1.807) is 0 Å². The van der Waals surface area contributed by atoms with E-state index >= 15 is 0 Å². The highest BCUT2D eigenvalue weighted by Gasteiger charge is 2.29. The smallest absolute Gasteiger partial charge is 0.0508 e. The predicted molar refractivity (Wildman–Crippen MR) is 88.6 cm³/mol. The van der Waals surface area contributed by atoms with Crippen LogP contribution in [0.25, 0.3) is 0 Å². The Labute approximate surface area is 129 Å². The number of hydrogen-bond acceptors (Lipinski definition) is 3. The van der Waals surface area contributed by atoms with Crippen molar-refractivity contribution in [3.63, 3.8) is 0 Å². The van der Waals surface area contributed by atoms with Crippen molar-refractivity contribution in [2.24, 2.45) is 5.73 Å². The van der Waals surface area contributed by atoms with E-state index in [0.717, 1.165) is 18.3 Å². The van der Waals surface area contributed by atoms with Crippen molar-refractivity contribution in [2.75, 3.05) is 18.8 Å². The lowest BCUT2D eigenvalue weighted by atomic mass is 9.98. The molecule has 1 aromatic rings. The fourth-order valence-corrected chi connectivity index (χ4v) is 4.49. The lowest BCUT2D eigenvalue weighted by Crippen LogP contribution is -2.46. The quantitative estimate of drug-likeness (QED) is 0.905. The highest BCUT2D eigenvalue weighted by atomic mass is 79.9. The van der Waals surface area contributed by atoms with Gasteiger partial charge in [-0.3, -0.25) is 4.90 Å². The molecule has 0 amide bonds. The molecule has 3 atom stereocenters. The summed E-state index contributed by atoms with van der Waals surface area (Å²) in [5.74, 6) is 1.21. The fourth-order valence-electron chi connectivity index (χ4n) is 2.77. The Kier molecular flexibility index (Phi) is 5.75. The van der Waals surface area contributed by atoms with Crippen LogP contribution in [0.3, 0.4) is 0 Å². The van der Waals surface area contributed by atoms with Crippen LogP contribution in [0.1, 0.15) is 31.9 Å². The average molecular weight is 343 g/mol. The minimum atomic E-state index is 0.138. The number of rotatable bonds is 4. The zero-order valence-corrected chi connectivity index (χ0v) is 14.1. The summed E-state index contributed by atoms with van der Waals surface area (Å²) in [7, 11) is 0. The summed E-state index contributed by atoms with van der Waals surface area (Å²) in [6.07, 6.45) is 1.24. The van der Waals surface area contributed by atoms with E-state index in [0.29, 0.717) is 6.04 Å². The maximum absolute atomic E-state index is 6.29. The minimum Gasteiger partial charge on any atom is -0.326 e. The molecule has 2 rings (SSSR count). The second kappa shape index (κ2) is 7.11. The van der Waals surface area contributed by atoms with E-state index in [1.807, 2.05) is 0 Å². The molecule has 1 aliphatic heterocycles. The Balaban J connectivity index is 2.23. The van der Waals surface area contributed by atoms with Crippen LogP contribution in [0.4, 0.5) is 0 Å². The van der Waals surface area contributed by atoms with Crippen LogP contribution < -0.4 is 5.73 Å². The summed E-state index contributed by atoms with van der Waals surface area (Å²) in [6, 6.07) is 8.92. The Hall–Kier alpha value is -0.0300. The number of nitrogens with two attached hydrogens (primary N) is 1. The van der Waals surface area contributed by atoms with Gasteiger partial charge in [0.1, 0.15) is 0 Å². The van der Waals surface area contributed by atoms with Crippen LogP contribution in [0.5, 0.6) is 0 Å². The van der Waals surface area contributed by atoms with Crippen molar-refractivity contribution in [2.45, 2.75) is 37.6 Å². The molecule has 3 unspecified atom stereocenters. The first kappa shape index (κ1) is 15.4. The van der Waals surface area contributed by atoms with Crippen molar-refractivity contribution in [3.05, 3.63) is 34.3 Å². The van der Waals surface area contributed by atoms with Crippen LogP contribution in [-0.2, 0) is 0 Å². The summed E-state index contributed by atoms with van der Waals surface area (Å²) < 4.78 is 1.17. The molecule has 2 N–H and O–H groups in total. The Morgan fingerprint density at radius 2 is 2.21 bits per heavy atom. The van der Waals surface area contributed by atoms with Crippen LogP contribution in [-0.4, -0.2) is 35.0 Å². The number of hydrogen-bond donors (Lipinski definition) is 1. The maximum atomic E-state index is 6.29. The molecule has 1 heterocycles. The second-order valence-electron chi connectivity index (χ2n) is 5.22. The van der Waals surface area contributed by atoms with Crippen LogP contribution >= 0.6 is 27.7 Å². The third kappa shape index (κ3) is 3.75. The summed E-state index contributed by atoms with van der Waals surface area (Å²) in [5, 5.41) is 0.748. The molecule has 1 saturated heterocycles. The van der Waals surface area contributed by atoms with Gasteiger partial charge in [0.2, 0.25) is 0 Å². The monoisotopic (exact) mass is 342 g/mol. The predicted octanol–water partition coefficient (Wildman–Crippen LogP) is 3.66. The molecule has 1 fully saturated rings. The molecule has 1 aliphatic rings. The lowest BCUT2D eigenvalue weighted by molar-refractivity contribution is 0.181. The molecular formula is C15H23BrN2S. The lowest BCUT2D eigenvalue weighted by Gasteiger charge is -2.40. The molecule has 19 heavy (non-hydrogen) atoms. The van der Waals surface area contributed by atoms with Crippen molar-refractivity contribution < 1.29 is 0 Å². The number of benzene rings is 1. The normalized spacial score (nSPS) is 24.1. The van der Waals surface area contributed by atoms with Gasteiger partial charge in [-0.05, 0) is 25.0 Å². The number of halogens is 1. The molecule has 0 saturated carbocycles. The first-order valence-electron chi connectivity index (χ1n) is 6.99. The van der Waals surface area contributed by atoms with Gasteiger partial charge < -0.3 is 5.73 Å². The standard InChI is InChI=1S/C15H23BrN2S/c1-3-12-10-18(8-9-19-12)15(11(2)17)13-6-4-5-7-14(13)16/h4-7,11-12,15H,3,8-10,17H2,1-2H3. The van der Waals surface area contributed by atoms with Crippen molar-refractivity contribution in [1.29, 1.82) is 0 Å². The molecule has 1 aromatic carbocycles. The summed E-state index contributed by atoms with van der Waals surface area (Å²) in [4.78, 5) is 2.56. The number of thioether (sulfide) groups is 1. The van der Waals surface area contributed by atoms with Gasteiger partial charge >= 0.3 is 0 Å². The average Bonchev–Trinajstić information content (AvgIpc) is 2.41. The van der Waals surface area contributed by atoms with Crippen LogP contribution in [0, 0.1) is 0 Å². The van der Waals surface area contributed by atoms with E-state index in [2.05, 4.69) is 70.7 Å². The zero-order valence-electron chi connectivity index (χ0n) is 11.7. The minimum absolute atomic E-state index is 0.138. The zero-order chi connectivity index (χ0) is 13.8. The van der Waals surface area contributed by atoms with Gasteiger partial charge in [-0.25, -0.2) is 0 Å². The van der Waals surface area contributed by atoms with Crippen LogP contribution in [0.2, 0.25) is 0 Å². The van der Waals surface area contributed by atoms with Gasteiger partial charge in [0, 0.05) is 34.6 Å². The van der Waals surface area contributed by atoms with Crippen molar-refractivity contribution >= 4 is 27.7 Å². The summed E-state index contributed by atoms with van der Waals surface area (Å²) in [6.45, 7) is 6.68. The van der Waals surface area contributed by atoms with E-state index in [1.165, 1.54) is 22.2 Å². The largest absolute Gasteiger partial charge is 0.326 e. The number of nitrogens with zero attached hydrogens (tertiary/aromatic N) is 1. The summed E-state index contributed by atoms with van der Waals surface area (Å²) >= 11 is 5.78. The molecule has 4 heteroatoms. The van der Waals surface area contributed by atoms with Crippen LogP contribution in [0.15, 0.2) is 28.7 Å². The van der Waals surface area contributed by atoms with Gasteiger partial charge in [0.15, 0.2) is 0 Å². The third-order valence-corrected chi connectivity index (χ3v) is 5.84. The molecule has 0 aliphatic carbocycles. The Bertz CT molecular complexity index is 411. The van der Waals surface area contributed by atoms with Gasteiger partial charge in [-0.1, -0.05) is 41.1 Å². The maximum Gasteiger partial charge on any atom is 0.0508 e. The molecule has 2 nitrogen and oxygen atoms in total. The van der Waals surface area contributed by atoms with E-state index in [9.17, 15) is 0 Å². The molecule has 0 radical (unpaired) electrons. The van der Waals surface area contributed by atoms with Gasteiger partial charge in [0.25, 0.3) is 0 Å². The third-order valence-electron chi connectivity index (χ3n) is 3.74. The molecule has 0 aromatic heterocycles. The van der Waals surface area contributed by atoms with Crippen molar-refractivity contribution in [3.8, 4) is 0 Å². The molecule has 0 spiro atoms. The molecule has 106 valence electrons. The van der Waals surface area contributed by atoms with Gasteiger partial charge in [-0.2, -0.15) is 11.8 Å². The Morgan fingerprint density at radius 1 is 1.47 bits per heavy atom. The van der Waals surface area contributed by atoms with E-state index in [-0.39, 0.29) is 6.04 Å². The Morgan fingerprint density at radius 3 is 2.84 bits per heavy atom. The molecular weight excluding hydrogens is 320 g/mol. The topological polar surface area (TPSA) is 29.3 Å². The second-order valence-corrected chi connectivity index (χ2v) is 7.48. The first-order chi connectivity index (χ1) is 9.13. The SMILES string of the molecule is CCC1CN(C(c2ccccc2Br)C(C)N)CCS1. The van der Waals surface area contributed by atoms with E-state index in [4.69, 9.17) is 5.73 Å². The van der Waals surface area contributed by atoms with E-state index < -0.39 is 0 Å². The van der Waals surface area contributed by atoms with Gasteiger partial charge in [-0.15, -0.1) is 0 Å². The fraction of sp³-hybridized carbons (Fsp3) is 0.600. The summed E-state index contributed by atoms with van der Waals surface area (Å²) in [5.41, 5.74) is 7.60. The van der Waals surface area contributed by atoms with Crippen molar-refractivity contribution in [1.82, 2.24) is 4.90 Å².